The Kier molecular flexibility index (Phi) is 5.48. The molecule has 1 saturated heterocycles. The van der Waals surface area contributed by atoms with Gasteiger partial charge in [-0.05, 0) is 60.7 Å². The number of carbonyl (C=O) groups excluding carboxylic acids is 2. The van der Waals surface area contributed by atoms with Gasteiger partial charge in [-0.3, -0.25) is 9.59 Å². The van der Waals surface area contributed by atoms with Crippen LogP contribution in [0.5, 0.6) is 11.5 Å². The lowest BCUT2D eigenvalue weighted by Crippen LogP contribution is -2.30. The summed E-state index contributed by atoms with van der Waals surface area (Å²) < 4.78 is 30.9. The molecule has 0 saturated carbocycles. The number of para-hydroxylation sites is 1. The highest BCUT2D eigenvalue weighted by Crippen LogP contribution is 2.28. The van der Waals surface area contributed by atoms with E-state index in [-0.39, 0.29) is 17.3 Å². The van der Waals surface area contributed by atoms with Crippen molar-refractivity contribution in [2.45, 2.75) is 6.92 Å². The Balaban J connectivity index is 1.43. The number of hydrogen-bond acceptors (Lipinski definition) is 5. The number of anilines is 2. The second-order valence-electron chi connectivity index (χ2n) is 7.22. The van der Waals surface area contributed by atoms with Gasteiger partial charge < -0.3 is 10.1 Å². The highest BCUT2D eigenvalue weighted by atomic mass is 32.2. The number of amides is 2. The van der Waals surface area contributed by atoms with E-state index in [0.717, 1.165) is 4.31 Å². The van der Waals surface area contributed by atoms with Crippen molar-refractivity contribution in [2.24, 2.45) is 5.92 Å². The van der Waals surface area contributed by atoms with Crippen LogP contribution in [0, 0.1) is 5.92 Å². The van der Waals surface area contributed by atoms with E-state index >= 15 is 0 Å². The topological polar surface area (TPSA) is 92.8 Å². The summed E-state index contributed by atoms with van der Waals surface area (Å²) in [5.41, 5.74) is 1.15. The van der Waals surface area contributed by atoms with Crippen LogP contribution in [0.3, 0.4) is 0 Å². The number of rotatable bonds is 5. The van der Waals surface area contributed by atoms with E-state index in [1.165, 1.54) is 24.3 Å². The minimum Gasteiger partial charge on any atom is -0.457 e. The largest absolute Gasteiger partial charge is 0.457 e. The maximum absolute atomic E-state index is 12.5. The lowest BCUT2D eigenvalue weighted by Gasteiger charge is -2.15. The van der Waals surface area contributed by atoms with E-state index in [2.05, 4.69) is 5.32 Å². The molecule has 1 fully saturated rings. The number of carbonyl (C=O) groups is 2. The van der Waals surface area contributed by atoms with Gasteiger partial charge in [-0.15, -0.1) is 0 Å². The van der Waals surface area contributed by atoms with Crippen LogP contribution < -0.4 is 14.4 Å². The van der Waals surface area contributed by atoms with E-state index in [1.807, 2.05) is 30.3 Å². The fourth-order valence-corrected chi connectivity index (χ4v) is 5.09. The number of nitrogens with zero attached hydrogens (tertiary/aromatic N) is 1. The lowest BCUT2D eigenvalue weighted by atomic mass is 10.1. The highest BCUT2D eigenvalue weighted by molar-refractivity contribution is 7.94. The zero-order valence-electron chi connectivity index (χ0n) is 16.7. The first kappa shape index (κ1) is 20.6. The summed E-state index contributed by atoms with van der Waals surface area (Å²) in [5, 5.41) is 2.78. The van der Waals surface area contributed by atoms with Gasteiger partial charge in [0, 0.05) is 11.3 Å². The highest BCUT2D eigenvalue weighted by Gasteiger charge is 2.41. The van der Waals surface area contributed by atoms with Crippen LogP contribution in [-0.4, -0.2) is 26.0 Å². The van der Waals surface area contributed by atoms with Crippen molar-refractivity contribution in [2.75, 3.05) is 15.4 Å². The molecule has 3 aromatic rings. The van der Waals surface area contributed by atoms with Crippen LogP contribution in [0.2, 0.25) is 0 Å². The second-order valence-corrected chi connectivity index (χ2v) is 9.09. The van der Waals surface area contributed by atoms with Crippen molar-refractivity contribution in [1.82, 2.24) is 0 Å². The quantitative estimate of drug-likeness (QED) is 0.652. The average molecular weight is 436 g/mol. The average Bonchev–Trinajstić information content (AvgIpc) is 2.96. The zero-order chi connectivity index (χ0) is 22.0. The van der Waals surface area contributed by atoms with Gasteiger partial charge in [-0.25, -0.2) is 12.7 Å². The zero-order valence-corrected chi connectivity index (χ0v) is 17.5. The Hall–Kier alpha value is -3.65. The summed E-state index contributed by atoms with van der Waals surface area (Å²) in [5.74, 6) is -0.256. The fraction of sp³-hybridized carbons (Fsp3) is 0.130. The molecule has 4 rings (SSSR count). The van der Waals surface area contributed by atoms with Gasteiger partial charge in [0.05, 0.1) is 17.4 Å². The summed E-state index contributed by atoms with van der Waals surface area (Å²) in [6.07, 6.45) is 0. The Labute approximate surface area is 180 Å². The van der Waals surface area contributed by atoms with Crippen LogP contribution in [0.1, 0.15) is 17.3 Å². The molecule has 1 N–H and O–H groups in total. The molecular formula is C23H20N2O5S. The van der Waals surface area contributed by atoms with Gasteiger partial charge in [-0.1, -0.05) is 25.1 Å². The molecule has 0 unspecified atom stereocenters. The molecular weight excluding hydrogens is 416 g/mol. The molecule has 0 aliphatic carbocycles. The van der Waals surface area contributed by atoms with E-state index in [0.29, 0.717) is 22.7 Å². The number of hydrogen-bond donors (Lipinski definition) is 1. The van der Waals surface area contributed by atoms with Crippen LogP contribution >= 0.6 is 0 Å². The van der Waals surface area contributed by atoms with Gasteiger partial charge in [0.2, 0.25) is 15.9 Å². The summed E-state index contributed by atoms with van der Waals surface area (Å²) in [6.45, 7) is 1.58. The Morgan fingerprint density at radius 1 is 0.935 bits per heavy atom. The van der Waals surface area contributed by atoms with Gasteiger partial charge >= 0.3 is 0 Å². The van der Waals surface area contributed by atoms with Crippen LogP contribution in [0.4, 0.5) is 11.4 Å². The van der Waals surface area contributed by atoms with Crippen molar-refractivity contribution < 1.29 is 22.7 Å². The van der Waals surface area contributed by atoms with Crippen molar-refractivity contribution in [3.63, 3.8) is 0 Å². The molecule has 1 aliphatic rings. The van der Waals surface area contributed by atoms with E-state index in [9.17, 15) is 18.0 Å². The first-order valence-corrected chi connectivity index (χ1v) is 11.3. The summed E-state index contributed by atoms with van der Waals surface area (Å²) in [7, 11) is -3.68. The number of nitrogens with one attached hydrogen (secondary N) is 1. The minimum atomic E-state index is -3.68. The third kappa shape index (κ3) is 4.44. The minimum absolute atomic E-state index is 0.210. The normalized spacial score (nSPS) is 17.4. The predicted octanol–water partition coefficient (Wildman–Crippen LogP) is 4.04. The number of ether oxygens (including phenoxy) is 1. The van der Waals surface area contributed by atoms with Gasteiger partial charge in [0.1, 0.15) is 11.5 Å². The first-order valence-electron chi connectivity index (χ1n) is 9.65. The SMILES string of the molecule is C[C@H]1CS(=O)(=O)N(c2ccc(C(=O)Nc3ccc(Oc4ccccc4)cc3)cc2)C1=O. The third-order valence-electron chi connectivity index (χ3n) is 4.82. The smallest absolute Gasteiger partial charge is 0.255 e. The predicted molar refractivity (Wildman–Crippen MR) is 118 cm³/mol. The summed E-state index contributed by atoms with van der Waals surface area (Å²) >= 11 is 0. The van der Waals surface area contributed by atoms with Crippen LogP contribution in [-0.2, 0) is 14.8 Å². The second kappa shape index (κ2) is 8.23. The lowest BCUT2D eigenvalue weighted by molar-refractivity contribution is -0.119. The third-order valence-corrected chi connectivity index (χ3v) is 6.68. The Morgan fingerprint density at radius 2 is 1.55 bits per heavy atom. The van der Waals surface area contributed by atoms with Crippen molar-refractivity contribution >= 4 is 33.2 Å². The molecule has 2 amide bonds. The van der Waals surface area contributed by atoms with Gasteiger partial charge in [-0.2, -0.15) is 0 Å². The van der Waals surface area contributed by atoms with E-state index < -0.39 is 21.8 Å². The van der Waals surface area contributed by atoms with Gasteiger partial charge in [0.25, 0.3) is 5.91 Å². The molecule has 31 heavy (non-hydrogen) atoms. The van der Waals surface area contributed by atoms with Crippen LogP contribution in [0.15, 0.2) is 78.9 Å². The molecule has 158 valence electrons. The molecule has 1 heterocycles. The molecule has 8 heteroatoms. The van der Waals surface area contributed by atoms with E-state index in [4.69, 9.17) is 4.74 Å². The van der Waals surface area contributed by atoms with Crippen LogP contribution in [0.25, 0.3) is 0 Å². The first-order chi connectivity index (χ1) is 14.8. The monoisotopic (exact) mass is 436 g/mol. The Bertz CT molecular complexity index is 1210. The molecule has 0 aromatic heterocycles. The molecule has 0 bridgehead atoms. The molecule has 1 atom stereocenters. The summed E-state index contributed by atoms with van der Waals surface area (Å²) in [4.78, 5) is 24.7. The summed E-state index contributed by atoms with van der Waals surface area (Å²) in [6, 6.07) is 22.2. The molecule has 0 spiro atoms. The van der Waals surface area contributed by atoms with Crippen molar-refractivity contribution in [3.05, 3.63) is 84.4 Å². The number of benzene rings is 3. The Morgan fingerprint density at radius 3 is 2.13 bits per heavy atom. The van der Waals surface area contributed by atoms with Crippen molar-refractivity contribution in [3.8, 4) is 11.5 Å². The molecule has 1 aliphatic heterocycles. The van der Waals surface area contributed by atoms with Gasteiger partial charge in [0.15, 0.2) is 0 Å². The standard InChI is InChI=1S/C23H20N2O5S/c1-16-15-31(28,29)25(23(16)27)19-11-7-17(8-12-19)22(26)24-18-9-13-21(14-10-18)30-20-5-3-2-4-6-20/h2-14,16H,15H2,1H3,(H,24,26)/t16-/m0/s1. The fourth-order valence-electron chi connectivity index (χ4n) is 3.27. The maximum atomic E-state index is 12.5. The molecule has 7 nitrogen and oxygen atoms in total. The molecule has 0 radical (unpaired) electrons. The number of sulfonamides is 1. The van der Waals surface area contributed by atoms with E-state index in [1.54, 1.807) is 31.2 Å². The van der Waals surface area contributed by atoms with Crippen molar-refractivity contribution in [1.29, 1.82) is 0 Å². The molecule has 3 aromatic carbocycles. The maximum Gasteiger partial charge on any atom is 0.255 e.